The number of aryl methyl sites for hydroxylation is 1. The smallest absolute Gasteiger partial charge is 0.337 e. The van der Waals surface area contributed by atoms with E-state index in [9.17, 15) is 9.90 Å². The average Bonchev–Trinajstić information content (AvgIpc) is 2.82. The van der Waals surface area contributed by atoms with Gasteiger partial charge in [-0.25, -0.2) is 4.79 Å². The number of carbonyl (C=O) groups is 1. The molecule has 1 saturated heterocycles. The summed E-state index contributed by atoms with van der Waals surface area (Å²) in [5, 5.41) is 10.3. The second kappa shape index (κ2) is 11.6. The molecular formula is C29H43N3O4. The summed E-state index contributed by atoms with van der Waals surface area (Å²) in [7, 11) is 0. The number of carboxylic acid groups (broad SMARTS) is 1. The Labute approximate surface area is 216 Å². The van der Waals surface area contributed by atoms with Crippen LogP contribution in [0.25, 0.3) is 11.3 Å². The summed E-state index contributed by atoms with van der Waals surface area (Å²) in [6, 6.07) is 3.86. The first kappa shape index (κ1) is 27.9. The summed E-state index contributed by atoms with van der Waals surface area (Å²) in [6.45, 7) is 16.7. The normalized spacial score (nSPS) is 16.6. The lowest BCUT2D eigenvalue weighted by atomic mass is 9.82. The van der Waals surface area contributed by atoms with Crippen molar-refractivity contribution in [1.82, 2.24) is 9.97 Å². The minimum absolute atomic E-state index is 0.251. The number of rotatable bonds is 10. The molecule has 0 saturated carbocycles. The first-order valence-corrected chi connectivity index (χ1v) is 13.2. The van der Waals surface area contributed by atoms with Crippen LogP contribution in [0.3, 0.4) is 0 Å². The molecule has 0 amide bonds. The van der Waals surface area contributed by atoms with Crippen molar-refractivity contribution in [3.8, 4) is 17.0 Å². The fourth-order valence-corrected chi connectivity index (χ4v) is 4.52. The molecule has 7 nitrogen and oxygen atoms in total. The third-order valence-electron chi connectivity index (χ3n) is 6.68. The molecule has 0 aliphatic carbocycles. The zero-order valence-electron chi connectivity index (χ0n) is 23.1. The Balaban J connectivity index is 2.16. The molecule has 2 aromatic heterocycles. The molecule has 3 rings (SSSR count). The van der Waals surface area contributed by atoms with Crippen molar-refractivity contribution in [2.24, 2.45) is 5.41 Å². The molecule has 0 unspecified atom stereocenters. The molecule has 3 heterocycles. The van der Waals surface area contributed by atoms with E-state index >= 15 is 0 Å². The van der Waals surface area contributed by atoms with E-state index in [0.717, 1.165) is 67.2 Å². The fraction of sp³-hybridized carbons (Fsp3) is 0.621. The number of aliphatic carboxylic acids is 1. The van der Waals surface area contributed by atoms with Crippen LogP contribution >= 0.6 is 0 Å². The van der Waals surface area contributed by atoms with E-state index < -0.39 is 17.7 Å². The Morgan fingerprint density at radius 3 is 2.36 bits per heavy atom. The number of nitrogens with zero attached hydrogens (tertiary/aromatic N) is 3. The summed E-state index contributed by atoms with van der Waals surface area (Å²) in [5.41, 5.74) is 3.44. The standard InChI is InChI=1S/C29H43N3O4/c1-8-10-17-35-20-11-12-23(30-18-20)21-19-31-22(9-2)24(26(27(33)34)36-28(3,4)5)25(21)32-15-13-29(6,7)14-16-32/h11-12,18-19,26H,8-10,13-17H2,1-7H3,(H,33,34)/t26-/m0/s1. The summed E-state index contributed by atoms with van der Waals surface area (Å²) in [4.78, 5) is 24.3. The molecule has 0 spiro atoms. The van der Waals surface area contributed by atoms with Gasteiger partial charge in [0.05, 0.1) is 29.8 Å². The molecule has 0 radical (unpaired) electrons. The van der Waals surface area contributed by atoms with Crippen LogP contribution in [-0.4, -0.2) is 46.3 Å². The number of unbranched alkanes of at least 4 members (excludes halogenated alkanes) is 1. The molecule has 7 heteroatoms. The number of carboxylic acids is 1. The summed E-state index contributed by atoms with van der Waals surface area (Å²) >= 11 is 0. The largest absolute Gasteiger partial charge is 0.492 e. The molecule has 1 aliphatic rings. The van der Waals surface area contributed by atoms with Crippen molar-refractivity contribution in [1.29, 1.82) is 0 Å². The van der Waals surface area contributed by atoms with Crippen LogP contribution in [0, 0.1) is 5.41 Å². The topological polar surface area (TPSA) is 84.8 Å². The van der Waals surface area contributed by atoms with Gasteiger partial charge in [0.2, 0.25) is 0 Å². The van der Waals surface area contributed by atoms with E-state index in [1.807, 2.05) is 46.0 Å². The van der Waals surface area contributed by atoms with Crippen molar-refractivity contribution in [3.63, 3.8) is 0 Å². The van der Waals surface area contributed by atoms with Gasteiger partial charge in [-0.1, -0.05) is 34.1 Å². The van der Waals surface area contributed by atoms with Crippen molar-refractivity contribution in [3.05, 3.63) is 35.8 Å². The van der Waals surface area contributed by atoms with Gasteiger partial charge in [0, 0.05) is 36.1 Å². The maximum absolute atomic E-state index is 12.6. The van der Waals surface area contributed by atoms with Crippen molar-refractivity contribution in [2.45, 2.75) is 92.3 Å². The van der Waals surface area contributed by atoms with Gasteiger partial charge in [-0.3, -0.25) is 9.97 Å². The lowest BCUT2D eigenvalue weighted by Crippen LogP contribution is -2.39. The Bertz CT molecular complexity index is 1020. The lowest BCUT2D eigenvalue weighted by molar-refractivity contribution is -0.160. The molecule has 1 atom stereocenters. The monoisotopic (exact) mass is 497 g/mol. The van der Waals surface area contributed by atoms with Crippen molar-refractivity contribution in [2.75, 3.05) is 24.6 Å². The van der Waals surface area contributed by atoms with Gasteiger partial charge >= 0.3 is 5.97 Å². The molecule has 36 heavy (non-hydrogen) atoms. The van der Waals surface area contributed by atoms with Crippen LogP contribution in [-0.2, 0) is 16.0 Å². The maximum atomic E-state index is 12.6. The van der Waals surface area contributed by atoms with E-state index in [0.29, 0.717) is 18.6 Å². The third kappa shape index (κ3) is 6.96. The van der Waals surface area contributed by atoms with Crippen molar-refractivity contribution < 1.29 is 19.4 Å². The Hall–Kier alpha value is -2.67. The van der Waals surface area contributed by atoms with E-state index in [4.69, 9.17) is 19.4 Å². The average molecular weight is 498 g/mol. The minimum atomic E-state index is -1.13. The Kier molecular flexibility index (Phi) is 8.98. The number of anilines is 1. The zero-order valence-corrected chi connectivity index (χ0v) is 23.1. The fourth-order valence-electron chi connectivity index (χ4n) is 4.52. The summed E-state index contributed by atoms with van der Waals surface area (Å²) in [6.07, 6.45) is 7.16. The molecule has 1 N–H and O–H groups in total. The van der Waals surface area contributed by atoms with E-state index in [1.54, 1.807) is 6.20 Å². The summed E-state index contributed by atoms with van der Waals surface area (Å²) < 4.78 is 12.0. The number of hydrogen-bond acceptors (Lipinski definition) is 6. The number of hydrogen-bond donors (Lipinski definition) is 1. The first-order valence-electron chi connectivity index (χ1n) is 13.2. The Morgan fingerprint density at radius 2 is 1.83 bits per heavy atom. The SMILES string of the molecule is CCCCOc1ccc(-c2cnc(CC)c([C@H](OC(C)(C)C)C(=O)O)c2N2CCC(C)(C)CC2)nc1. The highest BCUT2D eigenvalue weighted by molar-refractivity contribution is 5.85. The van der Waals surface area contributed by atoms with Crippen LogP contribution in [0.4, 0.5) is 5.69 Å². The molecule has 198 valence electrons. The molecule has 1 aliphatic heterocycles. The second-order valence-corrected chi connectivity index (χ2v) is 11.4. The maximum Gasteiger partial charge on any atom is 0.337 e. The highest BCUT2D eigenvalue weighted by Crippen LogP contribution is 2.43. The van der Waals surface area contributed by atoms with Crippen LogP contribution in [0.1, 0.15) is 91.5 Å². The number of ether oxygens (including phenoxy) is 2. The zero-order chi connectivity index (χ0) is 26.5. The number of piperidine rings is 1. The Morgan fingerprint density at radius 1 is 1.14 bits per heavy atom. The van der Waals surface area contributed by atoms with Crippen molar-refractivity contribution >= 4 is 11.7 Å². The highest BCUT2D eigenvalue weighted by atomic mass is 16.5. The number of aromatic nitrogens is 2. The predicted molar refractivity (Wildman–Crippen MR) is 144 cm³/mol. The predicted octanol–water partition coefficient (Wildman–Crippen LogP) is 6.45. The van der Waals surface area contributed by atoms with Gasteiger partial charge in [-0.15, -0.1) is 0 Å². The van der Waals surface area contributed by atoms with E-state index in [2.05, 4.69) is 25.7 Å². The van der Waals surface area contributed by atoms with E-state index in [1.165, 1.54) is 0 Å². The first-order chi connectivity index (χ1) is 17.0. The van der Waals surface area contributed by atoms with Crippen LogP contribution < -0.4 is 9.64 Å². The molecule has 2 aromatic rings. The molecule has 0 bridgehead atoms. The highest BCUT2D eigenvalue weighted by Gasteiger charge is 2.36. The van der Waals surface area contributed by atoms with Gasteiger partial charge in [-0.2, -0.15) is 0 Å². The van der Waals surface area contributed by atoms with Crippen LogP contribution in [0.2, 0.25) is 0 Å². The molecule has 0 aromatic carbocycles. The van der Waals surface area contributed by atoms with Gasteiger partial charge in [0.25, 0.3) is 0 Å². The van der Waals surface area contributed by atoms with Gasteiger partial charge < -0.3 is 19.5 Å². The lowest BCUT2D eigenvalue weighted by Gasteiger charge is -2.41. The van der Waals surface area contributed by atoms with Gasteiger partial charge in [0.1, 0.15) is 5.75 Å². The van der Waals surface area contributed by atoms with Crippen LogP contribution in [0.15, 0.2) is 24.5 Å². The molecule has 1 fully saturated rings. The number of pyridine rings is 2. The molecular weight excluding hydrogens is 454 g/mol. The van der Waals surface area contributed by atoms with E-state index in [-0.39, 0.29) is 5.41 Å². The minimum Gasteiger partial charge on any atom is -0.492 e. The van der Waals surface area contributed by atoms with Gasteiger partial charge in [-0.05, 0) is 64.0 Å². The second-order valence-electron chi connectivity index (χ2n) is 11.4. The summed E-state index contributed by atoms with van der Waals surface area (Å²) in [5.74, 6) is -0.281. The quantitative estimate of drug-likeness (QED) is 0.377. The van der Waals surface area contributed by atoms with Gasteiger partial charge in [0.15, 0.2) is 6.10 Å². The van der Waals surface area contributed by atoms with Crippen LogP contribution in [0.5, 0.6) is 5.75 Å². The third-order valence-corrected chi connectivity index (χ3v) is 6.68.